The standard InChI is InChI=1S/C18H16N6O/c1-25-15-10-6-5-9-14(15)21-18-17(24-12-19-11-20-24)16(22-23-18)13-7-3-2-4-8-13/h2-12H,1H3,(H2,21,22,23). The average Bonchev–Trinajstić information content (AvgIpc) is 3.32. The lowest BCUT2D eigenvalue weighted by Gasteiger charge is -2.11. The number of hydrogen-bond acceptors (Lipinski definition) is 5. The summed E-state index contributed by atoms with van der Waals surface area (Å²) in [7, 11) is 1.64. The molecule has 4 aromatic rings. The summed E-state index contributed by atoms with van der Waals surface area (Å²) < 4.78 is 7.09. The first kappa shape index (κ1) is 14.9. The Balaban J connectivity index is 1.82. The lowest BCUT2D eigenvalue weighted by atomic mass is 10.1. The molecule has 0 bridgehead atoms. The van der Waals surface area contributed by atoms with E-state index in [0.29, 0.717) is 5.82 Å². The van der Waals surface area contributed by atoms with Crippen molar-refractivity contribution in [2.75, 3.05) is 12.4 Å². The van der Waals surface area contributed by atoms with Crippen LogP contribution >= 0.6 is 0 Å². The summed E-state index contributed by atoms with van der Waals surface area (Å²) in [6.45, 7) is 0. The number of hydrogen-bond donors (Lipinski definition) is 2. The zero-order valence-electron chi connectivity index (χ0n) is 13.5. The number of anilines is 2. The molecule has 0 amide bonds. The molecule has 2 heterocycles. The zero-order chi connectivity index (χ0) is 17.1. The highest BCUT2D eigenvalue weighted by Gasteiger charge is 2.18. The van der Waals surface area contributed by atoms with E-state index in [-0.39, 0.29) is 0 Å². The summed E-state index contributed by atoms with van der Waals surface area (Å²) in [5, 5.41) is 15.1. The third-order valence-electron chi connectivity index (χ3n) is 3.81. The van der Waals surface area contributed by atoms with E-state index in [2.05, 4.69) is 25.6 Å². The van der Waals surface area contributed by atoms with Crippen LogP contribution in [-0.4, -0.2) is 32.1 Å². The minimum absolute atomic E-state index is 0.633. The van der Waals surface area contributed by atoms with Gasteiger partial charge in [0.2, 0.25) is 0 Å². The molecular weight excluding hydrogens is 316 g/mol. The Morgan fingerprint density at radius 3 is 2.60 bits per heavy atom. The minimum Gasteiger partial charge on any atom is -0.495 e. The smallest absolute Gasteiger partial charge is 0.179 e. The van der Waals surface area contributed by atoms with Crippen molar-refractivity contribution in [2.45, 2.75) is 0 Å². The zero-order valence-corrected chi connectivity index (χ0v) is 13.5. The molecule has 0 aliphatic heterocycles. The second-order valence-electron chi connectivity index (χ2n) is 5.33. The van der Waals surface area contributed by atoms with E-state index in [1.165, 1.54) is 6.33 Å². The number of H-pyrrole nitrogens is 1. The van der Waals surface area contributed by atoms with Crippen LogP contribution in [0, 0.1) is 0 Å². The van der Waals surface area contributed by atoms with Crippen LogP contribution in [0.1, 0.15) is 0 Å². The first-order chi connectivity index (χ1) is 12.4. The molecule has 2 aromatic carbocycles. The summed E-state index contributed by atoms with van der Waals surface area (Å²) in [6, 6.07) is 17.6. The minimum atomic E-state index is 0.633. The SMILES string of the molecule is COc1ccccc1Nc1n[nH]c(-c2ccccc2)c1-n1cncn1. The van der Waals surface area contributed by atoms with Crippen molar-refractivity contribution < 1.29 is 4.74 Å². The van der Waals surface area contributed by atoms with Gasteiger partial charge in [-0.25, -0.2) is 9.67 Å². The number of methoxy groups -OCH3 is 1. The van der Waals surface area contributed by atoms with E-state index >= 15 is 0 Å². The Morgan fingerprint density at radius 1 is 1.04 bits per heavy atom. The molecule has 0 aliphatic rings. The summed E-state index contributed by atoms with van der Waals surface area (Å²) in [6.07, 6.45) is 3.14. The van der Waals surface area contributed by atoms with E-state index in [4.69, 9.17) is 4.74 Å². The molecular formula is C18H16N6O. The molecule has 0 radical (unpaired) electrons. The van der Waals surface area contributed by atoms with Gasteiger partial charge in [0.1, 0.15) is 24.1 Å². The van der Waals surface area contributed by atoms with Crippen molar-refractivity contribution in [1.29, 1.82) is 0 Å². The first-order valence-corrected chi connectivity index (χ1v) is 7.75. The average molecular weight is 332 g/mol. The van der Waals surface area contributed by atoms with Gasteiger partial charge in [-0.05, 0) is 12.1 Å². The van der Waals surface area contributed by atoms with Crippen LogP contribution in [0.2, 0.25) is 0 Å². The van der Waals surface area contributed by atoms with E-state index in [9.17, 15) is 0 Å². The van der Waals surface area contributed by atoms with Gasteiger partial charge in [-0.1, -0.05) is 42.5 Å². The lowest BCUT2D eigenvalue weighted by Crippen LogP contribution is -2.01. The monoisotopic (exact) mass is 332 g/mol. The third-order valence-corrected chi connectivity index (χ3v) is 3.81. The molecule has 0 atom stereocenters. The predicted octanol–water partition coefficient (Wildman–Crippen LogP) is 3.41. The number of benzene rings is 2. The molecule has 2 aromatic heterocycles. The van der Waals surface area contributed by atoms with Gasteiger partial charge in [0.05, 0.1) is 18.5 Å². The van der Waals surface area contributed by atoms with Gasteiger partial charge in [0, 0.05) is 5.56 Å². The van der Waals surface area contributed by atoms with E-state index < -0.39 is 0 Å². The largest absolute Gasteiger partial charge is 0.495 e. The maximum absolute atomic E-state index is 5.40. The maximum atomic E-state index is 5.40. The fourth-order valence-corrected chi connectivity index (χ4v) is 2.65. The summed E-state index contributed by atoms with van der Waals surface area (Å²) in [5.41, 5.74) is 3.46. The quantitative estimate of drug-likeness (QED) is 0.585. The Bertz CT molecular complexity index is 962. The molecule has 0 spiro atoms. The summed E-state index contributed by atoms with van der Waals surface area (Å²) in [5.74, 6) is 1.37. The molecule has 7 nitrogen and oxygen atoms in total. The summed E-state index contributed by atoms with van der Waals surface area (Å²) in [4.78, 5) is 4.05. The van der Waals surface area contributed by atoms with Crippen LogP contribution in [0.4, 0.5) is 11.5 Å². The van der Waals surface area contributed by atoms with Crippen LogP contribution < -0.4 is 10.1 Å². The highest BCUT2D eigenvalue weighted by molar-refractivity contribution is 5.80. The van der Waals surface area contributed by atoms with Crippen molar-refractivity contribution in [3.63, 3.8) is 0 Å². The number of nitrogens with one attached hydrogen (secondary N) is 2. The van der Waals surface area contributed by atoms with Gasteiger partial charge in [-0.3, -0.25) is 5.10 Å². The molecule has 0 saturated carbocycles. The topological polar surface area (TPSA) is 80.6 Å². The van der Waals surface area contributed by atoms with Crippen molar-refractivity contribution in [2.24, 2.45) is 0 Å². The summed E-state index contributed by atoms with van der Waals surface area (Å²) >= 11 is 0. The second kappa shape index (κ2) is 6.48. The van der Waals surface area contributed by atoms with Crippen LogP contribution in [-0.2, 0) is 0 Å². The van der Waals surface area contributed by atoms with Crippen LogP contribution in [0.3, 0.4) is 0 Å². The Hall–Kier alpha value is -3.61. The number of para-hydroxylation sites is 2. The van der Waals surface area contributed by atoms with E-state index in [1.54, 1.807) is 18.1 Å². The van der Waals surface area contributed by atoms with Gasteiger partial charge in [0.15, 0.2) is 5.82 Å². The fraction of sp³-hybridized carbons (Fsp3) is 0.0556. The lowest BCUT2D eigenvalue weighted by molar-refractivity contribution is 0.417. The molecule has 124 valence electrons. The van der Waals surface area contributed by atoms with Crippen molar-refractivity contribution in [3.8, 4) is 22.7 Å². The fourth-order valence-electron chi connectivity index (χ4n) is 2.65. The van der Waals surface area contributed by atoms with Gasteiger partial charge in [-0.2, -0.15) is 10.2 Å². The highest BCUT2D eigenvalue weighted by atomic mass is 16.5. The van der Waals surface area contributed by atoms with Crippen molar-refractivity contribution in [3.05, 3.63) is 67.3 Å². The Kier molecular flexibility index (Phi) is 3.88. The van der Waals surface area contributed by atoms with Gasteiger partial charge in [-0.15, -0.1) is 0 Å². The normalized spacial score (nSPS) is 10.6. The second-order valence-corrected chi connectivity index (χ2v) is 5.33. The number of aromatic nitrogens is 5. The molecule has 0 aliphatic carbocycles. The molecule has 0 unspecified atom stereocenters. The van der Waals surface area contributed by atoms with Crippen molar-refractivity contribution in [1.82, 2.24) is 25.0 Å². The van der Waals surface area contributed by atoms with Gasteiger partial charge in [0.25, 0.3) is 0 Å². The maximum Gasteiger partial charge on any atom is 0.179 e. The Labute approximate surface area is 144 Å². The molecule has 0 saturated heterocycles. The first-order valence-electron chi connectivity index (χ1n) is 7.75. The third kappa shape index (κ3) is 2.83. The molecule has 2 N–H and O–H groups in total. The molecule has 7 heteroatoms. The predicted molar refractivity (Wildman–Crippen MR) is 95.2 cm³/mol. The van der Waals surface area contributed by atoms with Crippen LogP contribution in [0.15, 0.2) is 67.3 Å². The molecule has 25 heavy (non-hydrogen) atoms. The molecule has 4 rings (SSSR count). The molecule has 0 fully saturated rings. The number of ether oxygens (including phenoxy) is 1. The highest BCUT2D eigenvalue weighted by Crippen LogP contribution is 2.33. The van der Waals surface area contributed by atoms with Crippen molar-refractivity contribution >= 4 is 11.5 Å². The number of aromatic amines is 1. The van der Waals surface area contributed by atoms with E-state index in [0.717, 1.165) is 28.4 Å². The van der Waals surface area contributed by atoms with Crippen LogP contribution in [0.25, 0.3) is 16.9 Å². The van der Waals surface area contributed by atoms with Gasteiger partial charge >= 0.3 is 0 Å². The number of nitrogens with zero attached hydrogens (tertiary/aromatic N) is 4. The van der Waals surface area contributed by atoms with Crippen LogP contribution in [0.5, 0.6) is 5.75 Å². The van der Waals surface area contributed by atoms with Gasteiger partial charge < -0.3 is 10.1 Å². The number of rotatable bonds is 5. The Morgan fingerprint density at radius 2 is 1.84 bits per heavy atom. The van der Waals surface area contributed by atoms with E-state index in [1.807, 2.05) is 54.6 Å².